The predicted molar refractivity (Wildman–Crippen MR) is 88.1 cm³/mol. The molecule has 0 spiro atoms. The van der Waals surface area contributed by atoms with Crippen LogP contribution >= 0.6 is 15.9 Å². The van der Waals surface area contributed by atoms with Gasteiger partial charge in [-0.3, -0.25) is 4.79 Å². The van der Waals surface area contributed by atoms with E-state index in [1.54, 1.807) is 30.0 Å². The molecule has 22 heavy (non-hydrogen) atoms. The lowest BCUT2D eigenvalue weighted by atomic mass is 10.1. The molecule has 1 aromatic carbocycles. The molecule has 0 unspecified atom stereocenters. The first-order valence-electron chi connectivity index (χ1n) is 6.71. The standard InChI is InChI=1S/C17H16BrNO3/c1-4-6-13(17(21)22-3)15(5-2)19-10-11-7-8-12(18)9-14(11)16(19)20/h4-9H,1,10H2,2-3H3/b13-6+,15-5+. The fraction of sp³-hybridized carbons (Fsp3) is 0.176. The van der Waals surface area contributed by atoms with E-state index >= 15 is 0 Å². The third kappa shape index (κ3) is 2.90. The van der Waals surface area contributed by atoms with Crippen LogP contribution in [0, 0.1) is 0 Å². The second-order valence-electron chi connectivity index (χ2n) is 4.67. The van der Waals surface area contributed by atoms with Crippen LogP contribution in [0.1, 0.15) is 22.8 Å². The Morgan fingerprint density at radius 1 is 1.45 bits per heavy atom. The van der Waals surface area contributed by atoms with Gasteiger partial charge in [-0.15, -0.1) is 0 Å². The monoisotopic (exact) mass is 361 g/mol. The summed E-state index contributed by atoms with van der Waals surface area (Å²) in [5, 5.41) is 0. The summed E-state index contributed by atoms with van der Waals surface area (Å²) >= 11 is 3.37. The number of rotatable bonds is 4. The summed E-state index contributed by atoms with van der Waals surface area (Å²) in [6, 6.07) is 5.59. The summed E-state index contributed by atoms with van der Waals surface area (Å²) in [5.41, 5.74) is 2.39. The highest BCUT2D eigenvalue weighted by Gasteiger charge is 2.32. The Balaban J connectivity index is 2.43. The molecule has 1 aliphatic rings. The summed E-state index contributed by atoms with van der Waals surface area (Å²) in [7, 11) is 1.31. The Kier molecular flexibility index (Phi) is 4.98. The molecule has 0 saturated heterocycles. The van der Waals surface area contributed by atoms with Crippen molar-refractivity contribution in [2.24, 2.45) is 0 Å². The molecule has 0 saturated carbocycles. The average Bonchev–Trinajstić information content (AvgIpc) is 2.83. The fourth-order valence-corrected chi connectivity index (χ4v) is 2.77. The van der Waals surface area contributed by atoms with Gasteiger partial charge in [-0.25, -0.2) is 4.79 Å². The minimum atomic E-state index is -0.502. The number of ether oxygens (including phenoxy) is 1. The van der Waals surface area contributed by atoms with Gasteiger partial charge in [-0.1, -0.05) is 40.7 Å². The maximum atomic E-state index is 12.6. The summed E-state index contributed by atoms with van der Waals surface area (Å²) in [6.07, 6.45) is 4.78. The number of methoxy groups -OCH3 is 1. The number of allylic oxidation sites excluding steroid dienone is 3. The van der Waals surface area contributed by atoms with E-state index in [2.05, 4.69) is 22.5 Å². The first-order valence-corrected chi connectivity index (χ1v) is 7.50. The van der Waals surface area contributed by atoms with E-state index in [1.807, 2.05) is 12.1 Å². The van der Waals surface area contributed by atoms with Crippen molar-refractivity contribution in [2.75, 3.05) is 7.11 Å². The Bertz CT molecular complexity index is 704. The van der Waals surface area contributed by atoms with E-state index in [4.69, 9.17) is 4.74 Å². The van der Waals surface area contributed by atoms with Gasteiger partial charge in [-0.05, 0) is 30.7 Å². The van der Waals surface area contributed by atoms with Crippen molar-refractivity contribution in [3.63, 3.8) is 0 Å². The number of hydrogen-bond donors (Lipinski definition) is 0. The summed E-state index contributed by atoms with van der Waals surface area (Å²) < 4.78 is 5.64. The minimum absolute atomic E-state index is 0.136. The molecule has 1 aliphatic heterocycles. The lowest BCUT2D eigenvalue weighted by Crippen LogP contribution is -2.27. The summed E-state index contributed by atoms with van der Waals surface area (Å²) in [6.45, 7) is 5.81. The van der Waals surface area contributed by atoms with Gasteiger partial charge >= 0.3 is 5.97 Å². The van der Waals surface area contributed by atoms with Gasteiger partial charge in [0.2, 0.25) is 0 Å². The van der Waals surface area contributed by atoms with Crippen molar-refractivity contribution in [3.8, 4) is 0 Å². The van der Waals surface area contributed by atoms with E-state index in [9.17, 15) is 9.59 Å². The molecule has 0 aliphatic carbocycles. The van der Waals surface area contributed by atoms with Gasteiger partial charge in [0, 0.05) is 10.0 Å². The van der Waals surface area contributed by atoms with Crippen LogP contribution in [0.5, 0.6) is 0 Å². The summed E-state index contributed by atoms with van der Waals surface area (Å²) in [4.78, 5) is 26.2. The van der Waals surface area contributed by atoms with Crippen molar-refractivity contribution < 1.29 is 14.3 Å². The normalized spacial score (nSPS) is 14.9. The number of esters is 1. The highest BCUT2D eigenvalue weighted by molar-refractivity contribution is 9.10. The third-order valence-corrected chi connectivity index (χ3v) is 3.90. The van der Waals surface area contributed by atoms with Crippen LogP contribution < -0.4 is 0 Å². The number of amides is 1. The Morgan fingerprint density at radius 3 is 2.77 bits per heavy atom. The number of carbonyl (C=O) groups is 2. The number of carbonyl (C=O) groups excluding carboxylic acids is 2. The van der Waals surface area contributed by atoms with Crippen LogP contribution in [0.15, 0.2) is 58.7 Å². The molecule has 0 aromatic heterocycles. The highest BCUT2D eigenvalue weighted by Crippen LogP contribution is 2.31. The lowest BCUT2D eigenvalue weighted by molar-refractivity contribution is -0.135. The quantitative estimate of drug-likeness (QED) is 0.467. The Hall–Kier alpha value is -2.14. The largest absolute Gasteiger partial charge is 0.465 e. The van der Waals surface area contributed by atoms with Gasteiger partial charge in [-0.2, -0.15) is 0 Å². The molecule has 0 fully saturated rings. The van der Waals surface area contributed by atoms with Crippen LogP contribution in [-0.2, 0) is 16.1 Å². The molecule has 5 heteroatoms. The first-order chi connectivity index (χ1) is 10.5. The minimum Gasteiger partial charge on any atom is -0.465 e. The van der Waals surface area contributed by atoms with Gasteiger partial charge in [0.1, 0.15) is 0 Å². The number of nitrogens with zero attached hydrogens (tertiary/aromatic N) is 1. The van der Waals surface area contributed by atoms with Crippen molar-refractivity contribution in [1.29, 1.82) is 0 Å². The zero-order chi connectivity index (χ0) is 16.3. The van der Waals surface area contributed by atoms with E-state index in [-0.39, 0.29) is 5.91 Å². The van der Waals surface area contributed by atoms with Gasteiger partial charge in [0.15, 0.2) is 0 Å². The molecule has 0 radical (unpaired) electrons. The van der Waals surface area contributed by atoms with Gasteiger partial charge in [0.05, 0.1) is 24.9 Å². The van der Waals surface area contributed by atoms with Crippen molar-refractivity contribution in [1.82, 2.24) is 4.90 Å². The molecule has 0 N–H and O–H groups in total. The van der Waals surface area contributed by atoms with E-state index in [0.717, 1.165) is 10.0 Å². The molecule has 114 valence electrons. The number of halogens is 1. The molecular weight excluding hydrogens is 346 g/mol. The van der Waals surface area contributed by atoms with Crippen LogP contribution in [0.2, 0.25) is 0 Å². The van der Waals surface area contributed by atoms with E-state index in [0.29, 0.717) is 23.4 Å². The molecule has 0 atom stereocenters. The smallest absolute Gasteiger partial charge is 0.339 e. The van der Waals surface area contributed by atoms with Crippen LogP contribution in [0.25, 0.3) is 0 Å². The molecule has 1 aromatic rings. The Labute approximate surface area is 137 Å². The van der Waals surface area contributed by atoms with Crippen molar-refractivity contribution >= 4 is 27.8 Å². The average molecular weight is 362 g/mol. The zero-order valence-corrected chi connectivity index (χ0v) is 14.0. The molecule has 4 nitrogen and oxygen atoms in total. The third-order valence-electron chi connectivity index (χ3n) is 3.41. The lowest BCUT2D eigenvalue weighted by Gasteiger charge is -2.20. The molecule has 1 heterocycles. The number of hydrogen-bond acceptors (Lipinski definition) is 3. The number of benzene rings is 1. The zero-order valence-electron chi connectivity index (χ0n) is 12.4. The van der Waals surface area contributed by atoms with Crippen molar-refractivity contribution in [2.45, 2.75) is 13.5 Å². The second kappa shape index (κ2) is 6.75. The molecule has 0 bridgehead atoms. The topological polar surface area (TPSA) is 46.6 Å². The number of fused-ring (bicyclic) bond motifs is 1. The van der Waals surface area contributed by atoms with Crippen LogP contribution in [0.3, 0.4) is 0 Å². The Morgan fingerprint density at radius 2 is 2.18 bits per heavy atom. The SMILES string of the molecule is C=C/C=C(C(=O)OC)\C(=C/C)N1Cc2ccc(Br)cc2C1=O. The van der Waals surface area contributed by atoms with Crippen LogP contribution in [-0.4, -0.2) is 23.9 Å². The fourth-order valence-electron chi connectivity index (χ4n) is 2.41. The van der Waals surface area contributed by atoms with Crippen molar-refractivity contribution in [3.05, 3.63) is 69.9 Å². The molecular formula is C17H16BrNO3. The molecule has 2 rings (SSSR count). The second-order valence-corrected chi connectivity index (χ2v) is 5.59. The van der Waals surface area contributed by atoms with E-state index < -0.39 is 5.97 Å². The predicted octanol–water partition coefficient (Wildman–Crippen LogP) is 3.59. The van der Waals surface area contributed by atoms with E-state index in [1.165, 1.54) is 13.2 Å². The van der Waals surface area contributed by atoms with Gasteiger partial charge in [0.25, 0.3) is 5.91 Å². The summed E-state index contributed by atoms with van der Waals surface area (Å²) in [5.74, 6) is -0.638. The highest BCUT2D eigenvalue weighted by atomic mass is 79.9. The molecule has 1 amide bonds. The van der Waals surface area contributed by atoms with Gasteiger partial charge < -0.3 is 9.64 Å². The maximum absolute atomic E-state index is 12.6. The maximum Gasteiger partial charge on any atom is 0.339 e. The van der Waals surface area contributed by atoms with Crippen LogP contribution in [0.4, 0.5) is 0 Å². The first kappa shape index (κ1) is 16.2.